The lowest BCUT2D eigenvalue weighted by Crippen LogP contribution is -2.30. The summed E-state index contributed by atoms with van der Waals surface area (Å²) in [7, 11) is 0. The Morgan fingerprint density at radius 1 is 1.03 bits per heavy atom. The molecule has 0 bridgehead atoms. The first-order valence-corrected chi connectivity index (χ1v) is 11.0. The van der Waals surface area contributed by atoms with Gasteiger partial charge < -0.3 is 10.2 Å². The quantitative estimate of drug-likeness (QED) is 0.572. The van der Waals surface area contributed by atoms with Crippen molar-refractivity contribution in [1.29, 1.82) is 0 Å². The van der Waals surface area contributed by atoms with Crippen LogP contribution in [0.3, 0.4) is 0 Å². The maximum atomic E-state index is 6.05. The lowest BCUT2D eigenvalue weighted by atomic mass is 9.97. The topological polar surface area (TPSA) is 53.9 Å². The molecular formula is C26H24ClN5. The van der Waals surface area contributed by atoms with Crippen molar-refractivity contribution >= 4 is 17.3 Å². The molecule has 6 heteroatoms. The Hall–Kier alpha value is -3.44. The minimum absolute atomic E-state index is 0.504. The third kappa shape index (κ3) is 4.30. The molecule has 0 radical (unpaired) electrons. The van der Waals surface area contributed by atoms with E-state index in [1.54, 1.807) is 6.20 Å². The van der Waals surface area contributed by atoms with Crippen LogP contribution in [0, 0.1) is 13.8 Å². The van der Waals surface area contributed by atoms with Gasteiger partial charge in [0.05, 0.1) is 5.69 Å². The van der Waals surface area contributed by atoms with E-state index in [1.165, 1.54) is 22.3 Å². The molecule has 1 N–H and O–H groups in total. The van der Waals surface area contributed by atoms with Gasteiger partial charge in [0.15, 0.2) is 0 Å². The monoisotopic (exact) mass is 441 g/mol. The second kappa shape index (κ2) is 8.60. The molecule has 0 aliphatic carbocycles. The van der Waals surface area contributed by atoms with Crippen molar-refractivity contribution in [2.24, 2.45) is 0 Å². The summed E-state index contributed by atoms with van der Waals surface area (Å²) in [6.07, 6.45) is 12.1. The predicted octanol–water partition coefficient (Wildman–Crippen LogP) is 5.08. The van der Waals surface area contributed by atoms with Crippen molar-refractivity contribution in [2.45, 2.75) is 20.4 Å². The molecule has 5 nitrogen and oxygen atoms in total. The van der Waals surface area contributed by atoms with Gasteiger partial charge >= 0.3 is 0 Å². The van der Waals surface area contributed by atoms with Gasteiger partial charge in [-0.2, -0.15) is 0 Å². The fraction of sp³-hybridized carbons (Fsp3) is 0.192. The molecule has 0 atom stereocenters. The van der Waals surface area contributed by atoms with Crippen LogP contribution in [0.4, 0.5) is 0 Å². The average Bonchev–Trinajstić information content (AvgIpc) is 2.79. The zero-order valence-electron chi connectivity index (χ0n) is 18.1. The van der Waals surface area contributed by atoms with E-state index in [2.05, 4.69) is 57.6 Å². The molecule has 0 fully saturated rings. The SMILES string of the molecule is Cc1cc(-c2ncc(CN3C=CC4=C(CNC(c5ccnc(Cl)c5)=C4)C3)cc2C)ccn1. The van der Waals surface area contributed by atoms with Crippen LogP contribution in [-0.4, -0.2) is 32.9 Å². The number of aryl methyl sites for hydroxylation is 2. The number of rotatable bonds is 4. The van der Waals surface area contributed by atoms with E-state index in [0.29, 0.717) is 5.15 Å². The van der Waals surface area contributed by atoms with Gasteiger partial charge in [-0.25, -0.2) is 4.98 Å². The number of hydrogen-bond acceptors (Lipinski definition) is 5. The highest BCUT2D eigenvalue weighted by Gasteiger charge is 2.18. The Kier molecular flexibility index (Phi) is 5.50. The number of nitrogens with one attached hydrogen (secondary N) is 1. The van der Waals surface area contributed by atoms with E-state index in [0.717, 1.165) is 47.8 Å². The number of nitrogens with zero attached hydrogens (tertiary/aromatic N) is 4. The minimum atomic E-state index is 0.504. The van der Waals surface area contributed by atoms with Crippen molar-refractivity contribution in [2.75, 3.05) is 13.1 Å². The molecule has 0 saturated carbocycles. The van der Waals surface area contributed by atoms with Gasteiger partial charge in [0.1, 0.15) is 5.15 Å². The van der Waals surface area contributed by atoms with Gasteiger partial charge in [0.2, 0.25) is 0 Å². The third-order valence-corrected chi connectivity index (χ3v) is 5.99. The first-order valence-electron chi connectivity index (χ1n) is 10.7. The highest BCUT2D eigenvalue weighted by Crippen LogP contribution is 2.27. The third-order valence-electron chi connectivity index (χ3n) is 5.79. The zero-order chi connectivity index (χ0) is 22.1. The van der Waals surface area contributed by atoms with Gasteiger partial charge in [0, 0.05) is 66.9 Å². The molecule has 0 saturated heterocycles. The van der Waals surface area contributed by atoms with Gasteiger partial charge in [0.25, 0.3) is 0 Å². The molecule has 2 aliphatic rings. The standard InChI is InChI=1S/C26H24ClN5/c1-17-9-19(13-31-26(17)22-4-6-28-18(2)10-22)15-32-8-5-20-11-24(30-14-23(20)16-32)21-3-7-29-25(27)12-21/h3-13,30H,14-16H2,1-2H3. The largest absolute Gasteiger partial charge is 0.381 e. The lowest BCUT2D eigenvalue weighted by Gasteiger charge is -2.30. The van der Waals surface area contributed by atoms with E-state index < -0.39 is 0 Å². The fourth-order valence-electron chi connectivity index (χ4n) is 4.22. The van der Waals surface area contributed by atoms with E-state index in [1.807, 2.05) is 37.5 Å². The van der Waals surface area contributed by atoms with Crippen LogP contribution in [0.1, 0.15) is 22.4 Å². The van der Waals surface area contributed by atoms with E-state index >= 15 is 0 Å². The number of hydrogen-bond donors (Lipinski definition) is 1. The Morgan fingerprint density at radius 2 is 1.88 bits per heavy atom. The molecule has 0 amide bonds. The van der Waals surface area contributed by atoms with Crippen LogP contribution < -0.4 is 5.32 Å². The molecule has 0 unspecified atom stereocenters. The predicted molar refractivity (Wildman–Crippen MR) is 129 cm³/mol. The van der Waals surface area contributed by atoms with Gasteiger partial charge in [-0.15, -0.1) is 0 Å². The lowest BCUT2D eigenvalue weighted by molar-refractivity contribution is 0.389. The fourth-order valence-corrected chi connectivity index (χ4v) is 4.40. The molecule has 3 aromatic rings. The highest BCUT2D eigenvalue weighted by molar-refractivity contribution is 6.29. The van der Waals surface area contributed by atoms with Crippen LogP contribution in [0.15, 0.2) is 78.4 Å². The summed E-state index contributed by atoms with van der Waals surface area (Å²) < 4.78 is 0. The molecule has 0 spiro atoms. The number of halogens is 1. The first-order chi connectivity index (χ1) is 15.5. The van der Waals surface area contributed by atoms with Gasteiger partial charge in [-0.1, -0.05) is 17.7 Å². The molecule has 32 heavy (non-hydrogen) atoms. The van der Waals surface area contributed by atoms with Crippen molar-refractivity contribution in [3.8, 4) is 11.3 Å². The second-order valence-corrected chi connectivity index (χ2v) is 8.64. The minimum Gasteiger partial charge on any atom is -0.381 e. The molecule has 5 heterocycles. The number of aromatic nitrogens is 3. The van der Waals surface area contributed by atoms with Crippen LogP contribution in [0.5, 0.6) is 0 Å². The van der Waals surface area contributed by atoms with Crippen LogP contribution in [0.25, 0.3) is 17.0 Å². The maximum Gasteiger partial charge on any atom is 0.129 e. The van der Waals surface area contributed by atoms with Crippen molar-refractivity contribution < 1.29 is 0 Å². The Balaban J connectivity index is 1.30. The highest BCUT2D eigenvalue weighted by atomic mass is 35.5. The van der Waals surface area contributed by atoms with E-state index in [-0.39, 0.29) is 0 Å². The molecule has 0 aromatic carbocycles. The normalized spacial score (nSPS) is 15.3. The van der Waals surface area contributed by atoms with Gasteiger partial charge in [-0.3, -0.25) is 9.97 Å². The molecule has 3 aromatic heterocycles. The van der Waals surface area contributed by atoms with Crippen LogP contribution in [0.2, 0.25) is 5.15 Å². The van der Waals surface area contributed by atoms with Crippen molar-refractivity contribution in [3.05, 3.63) is 106 Å². The number of pyridine rings is 3. The first kappa shape index (κ1) is 20.5. The number of dihydropyridines is 1. The average molecular weight is 442 g/mol. The van der Waals surface area contributed by atoms with Crippen molar-refractivity contribution in [3.63, 3.8) is 0 Å². The summed E-state index contributed by atoms with van der Waals surface area (Å²) in [5, 5.41) is 4.03. The molecular weight excluding hydrogens is 418 g/mol. The molecule has 160 valence electrons. The molecule has 5 rings (SSSR count). The second-order valence-electron chi connectivity index (χ2n) is 8.25. The van der Waals surface area contributed by atoms with Crippen LogP contribution >= 0.6 is 11.6 Å². The summed E-state index contributed by atoms with van der Waals surface area (Å²) in [6.45, 7) is 6.66. The van der Waals surface area contributed by atoms with E-state index in [9.17, 15) is 0 Å². The number of allylic oxidation sites excluding steroid dienone is 3. The maximum absolute atomic E-state index is 6.05. The summed E-state index contributed by atoms with van der Waals surface area (Å²) in [4.78, 5) is 15.4. The van der Waals surface area contributed by atoms with Crippen molar-refractivity contribution in [1.82, 2.24) is 25.2 Å². The Bertz CT molecular complexity index is 1270. The Morgan fingerprint density at radius 3 is 2.69 bits per heavy atom. The zero-order valence-corrected chi connectivity index (χ0v) is 18.9. The summed E-state index contributed by atoms with van der Waals surface area (Å²) in [5.74, 6) is 0. The van der Waals surface area contributed by atoms with Crippen LogP contribution in [-0.2, 0) is 6.54 Å². The smallest absolute Gasteiger partial charge is 0.129 e. The molecule has 2 aliphatic heterocycles. The summed E-state index contributed by atoms with van der Waals surface area (Å²) in [6, 6.07) is 10.2. The summed E-state index contributed by atoms with van der Waals surface area (Å²) >= 11 is 6.05. The Labute approximate surface area is 193 Å². The summed E-state index contributed by atoms with van der Waals surface area (Å²) in [5.41, 5.74) is 10.3. The van der Waals surface area contributed by atoms with Gasteiger partial charge in [-0.05, 0) is 72.5 Å². The van der Waals surface area contributed by atoms with E-state index in [4.69, 9.17) is 16.6 Å².